The first kappa shape index (κ1) is 10.3. The van der Waals surface area contributed by atoms with Crippen molar-refractivity contribution >= 4 is 11.6 Å². The molecular formula is C10H12N6. The van der Waals surface area contributed by atoms with Gasteiger partial charge in [0.1, 0.15) is 18.0 Å². The molecule has 2 aromatic heterocycles. The Morgan fingerprint density at radius 2 is 2.12 bits per heavy atom. The summed E-state index contributed by atoms with van der Waals surface area (Å²) in [6.45, 7) is 0.591. The van der Waals surface area contributed by atoms with E-state index in [0.29, 0.717) is 6.54 Å². The first-order chi connectivity index (χ1) is 7.88. The topological polar surface area (TPSA) is 75.6 Å². The van der Waals surface area contributed by atoms with Crippen molar-refractivity contribution in [1.82, 2.24) is 20.2 Å². The molecule has 6 nitrogen and oxygen atoms in total. The molecule has 82 valence electrons. The molecule has 0 atom stereocenters. The maximum absolute atomic E-state index is 4.09. The molecule has 2 heterocycles. The zero-order valence-electron chi connectivity index (χ0n) is 8.88. The highest BCUT2D eigenvalue weighted by atomic mass is 15.1. The molecule has 0 aliphatic rings. The lowest BCUT2D eigenvalue weighted by Crippen LogP contribution is -2.04. The fourth-order valence-corrected chi connectivity index (χ4v) is 1.20. The van der Waals surface area contributed by atoms with Gasteiger partial charge < -0.3 is 10.6 Å². The van der Waals surface area contributed by atoms with E-state index in [2.05, 4.69) is 30.8 Å². The minimum Gasteiger partial charge on any atom is -0.373 e. The number of hydrogen-bond donors (Lipinski definition) is 2. The molecule has 0 aliphatic heterocycles. The Morgan fingerprint density at radius 3 is 2.88 bits per heavy atom. The van der Waals surface area contributed by atoms with Crippen molar-refractivity contribution in [3.63, 3.8) is 0 Å². The molecule has 0 aromatic carbocycles. The molecule has 0 unspecified atom stereocenters. The van der Waals surface area contributed by atoms with Crippen molar-refractivity contribution < 1.29 is 0 Å². The highest BCUT2D eigenvalue weighted by Crippen LogP contribution is 2.08. The Bertz CT molecular complexity index is 444. The molecule has 16 heavy (non-hydrogen) atoms. The second-order valence-electron chi connectivity index (χ2n) is 3.11. The summed E-state index contributed by atoms with van der Waals surface area (Å²) in [5, 5.41) is 13.8. The number of aromatic nitrogens is 4. The van der Waals surface area contributed by atoms with Crippen molar-refractivity contribution in [2.24, 2.45) is 0 Å². The van der Waals surface area contributed by atoms with Crippen LogP contribution in [0.2, 0.25) is 0 Å². The molecule has 0 aliphatic carbocycles. The summed E-state index contributed by atoms with van der Waals surface area (Å²) in [6, 6.07) is 5.58. The molecule has 0 saturated heterocycles. The largest absolute Gasteiger partial charge is 0.373 e. The Balaban J connectivity index is 1.99. The summed E-state index contributed by atoms with van der Waals surface area (Å²) >= 11 is 0. The van der Waals surface area contributed by atoms with Gasteiger partial charge in [0.25, 0.3) is 0 Å². The first-order valence-corrected chi connectivity index (χ1v) is 4.89. The van der Waals surface area contributed by atoms with E-state index in [1.54, 1.807) is 6.20 Å². The maximum Gasteiger partial charge on any atom is 0.131 e. The second-order valence-corrected chi connectivity index (χ2v) is 3.11. The van der Waals surface area contributed by atoms with Crippen LogP contribution >= 0.6 is 0 Å². The van der Waals surface area contributed by atoms with Crippen LogP contribution in [0.15, 0.2) is 30.7 Å². The van der Waals surface area contributed by atoms with Crippen molar-refractivity contribution in [2.45, 2.75) is 6.54 Å². The first-order valence-electron chi connectivity index (χ1n) is 4.89. The third-order valence-electron chi connectivity index (χ3n) is 2.00. The van der Waals surface area contributed by atoms with Gasteiger partial charge in [-0.15, -0.1) is 0 Å². The lowest BCUT2D eigenvalue weighted by molar-refractivity contribution is 0.919. The highest BCUT2D eigenvalue weighted by Gasteiger charge is 1.97. The van der Waals surface area contributed by atoms with Crippen LogP contribution in [0.25, 0.3) is 0 Å². The van der Waals surface area contributed by atoms with E-state index in [1.165, 1.54) is 6.33 Å². The lowest BCUT2D eigenvalue weighted by Gasteiger charge is -2.05. The van der Waals surface area contributed by atoms with Gasteiger partial charge in [-0.1, -0.05) is 0 Å². The predicted octanol–water partition coefficient (Wildman–Crippen LogP) is 0.920. The second kappa shape index (κ2) is 5.01. The molecule has 2 aromatic rings. The van der Waals surface area contributed by atoms with Crippen molar-refractivity contribution in [1.29, 1.82) is 0 Å². The molecule has 0 bridgehead atoms. The Hall–Kier alpha value is -2.24. The zero-order valence-corrected chi connectivity index (χ0v) is 8.88. The zero-order chi connectivity index (χ0) is 11.2. The molecule has 0 fully saturated rings. The van der Waals surface area contributed by atoms with Crippen LogP contribution in [0.3, 0.4) is 0 Å². The van der Waals surface area contributed by atoms with E-state index in [0.717, 1.165) is 17.3 Å². The number of anilines is 2. The number of rotatable bonds is 4. The van der Waals surface area contributed by atoms with E-state index in [1.807, 2.05) is 25.2 Å². The molecule has 0 saturated carbocycles. The molecule has 2 N–H and O–H groups in total. The van der Waals surface area contributed by atoms with Crippen molar-refractivity contribution in [3.8, 4) is 0 Å². The molecule has 0 radical (unpaired) electrons. The summed E-state index contributed by atoms with van der Waals surface area (Å²) in [4.78, 5) is 8.11. The maximum atomic E-state index is 4.09. The van der Waals surface area contributed by atoms with Crippen LogP contribution in [0, 0.1) is 0 Å². The molecular weight excluding hydrogens is 204 g/mol. The fourth-order valence-electron chi connectivity index (χ4n) is 1.20. The average molecular weight is 216 g/mol. The predicted molar refractivity (Wildman–Crippen MR) is 60.9 cm³/mol. The smallest absolute Gasteiger partial charge is 0.131 e. The number of hydrogen-bond acceptors (Lipinski definition) is 6. The Kier molecular flexibility index (Phi) is 3.22. The highest BCUT2D eigenvalue weighted by molar-refractivity contribution is 5.45. The van der Waals surface area contributed by atoms with E-state index >= 15 is 0 Å². The van der Waals surface area contributed by atoms with Gasteiger partial charge in [-0.3, -0.25) is 0 Å². The van der Waals surface area contributed by atoms with Crippen LogP contribution in [-0.4, -0.2) is 27.2 Å². The van der Waals surface area contributed by atoms with E-state index in [-0.39, 0.29) is 0 Å². The summed E-state index contributed by atoms with van der Waals surface area (Å²) < 4.78 is 0. The summed E-state index contributed by atoms with van der Waals surface area (Å²) in [5.41, 5.74) is 0.868. The van der Waals surface area contributed by atoms with Crippen LogP contribution < -0.4 is 10.6 Å². The number of nitrogens with one attached hydrogen (secondary N) is 2. The third-order valence-corrected chi connectivity index (χ3v) is 2.00. The minimum atomic E-state index is 0.591. The quantitative estimate of drug-likeness (QED) is 0.791. The Morgan fingerprint density at radius 1 is 1.25 bits per heavy atom. The van der Waals surface area contributed by atoms with Gasteiger partial charge in [0.05, 0.1) is 12.2 Å². The van der Waals surface area contributed by atoms with E-state index in [4.69, 9.17) is 0 Å². The van der Waals surface area contributed by atoms with E-state index in [9.17, 15) is 0 Å². The average Bonchev–Trinajstić information content (AvgIpc) is 2.38. The van der Waals surface area contributed by atoms with Crippen LogP contribution in [-0.2, 0) is 6.54 Å². The molecule has 0 amide bonds. The molecule has 0 spiro atoms. The SMILES string of the molecule is CNc1cc(NCc2cccnn2)ncn1. The fraction of sp³-hybridized carbons (Fsp3) is 0.200. The number of nitrogens with zero attached hydrogens (tertiary/aromatic N) is 4. The van der Waals surface area contributed by atoms with Gasteiger partial charge in [0.2, 0.25) is 0 Å². The minimum absolute atomic E-state index is 0.591. The van der Waals surface area contributed by atoms with Gasteiger partial charge in [-0.25, -0.2) is 9.97 Å². The van der Waals surface area contributed by atoms with Gasteiger partial charge in [0.15, 0.2) is 0 Å². The van der Waals surface area contributed by atoms with Crippen molar-refractivity contribution in [2.75, 3.05) is 17.7 Å². The molecule has 6 heteroatoms. The summed E-state index contributed by atoms with van der Waals surface area (Å²) in [5.74, 6) is 1.53. The van der Waals surface area contributed by atoms with Crippen LogP contribution in [0.5, 0.6) is 0 Å². The van der Waals surface area contributed by atoms with Gasteiger partial charge in [-0.05, 0) is 12.1 Å². The third kappa shape index (κ3) is 2.63. The van der Waals surface area contributed by atoms with Gasteiger partial charge in [0, 0.05) is 19.3 Å². The normalized spacial score (nSPS) is 9.81. The standard InChI is InChI=1S/C10H12N6/c1-11-9-5-10(14-7-13-9)12-6-8-3-2-4-15-16-8/h2-5,7H,6H2,1H3,(H2,11,12,13,14). The molecule has 2 rings (SSSR count). The van der Waals surface area contributed by atoms with Gasteiger partial charge >= 0.3 is 0 Å². The van der Waals surface area contributed by atoms with Crippen LogP contribution in [0.4, 0.5) is 11.6 Å². The lowest BCUT2D eigenvalue weighted by atomic mass is 10.4. The monoisotopic (exact) mass is 216 g/mol. The van der Waals surface area contributed by atoms with Crippen molar-refractivity contribution in [3.05, 3.63) is 36.4 Å². The van der Waals surface area contributed by atoms with Gasteiger partial charge in [-0.2, -0.15) is 10.2 Å². The van der Waals surface area contributed by atoms with E-state index < -0.39 is 0 Å². The Labute approximate surface area is 93.2 Å². The van der Waals surface area contributed by atoms with Crippen LogP contribution in [0.1, 0.15) is 5.69 Å². The summed E-state index contributed by atoms with van der Waals surface area (Å²) in [7, 11) is 1.81. The summed E-state index contributed by atoms with van der Waals surface area (Å²) in [6.07, 6.45) is 3.15.